The fraction of sp³-hybridized carbons (Fsp3) is 0.471. The summed E-state index contributed by atoms with van der Waals surface area (Å²) >= 11 is 0. The highest BCUT2D eigenvalue weighted by Gasteiger charge is 2.23. The van der Waals surface area contributed by atoms with E-state index >= 15 is 0 Å². The number of rotatable bonds is 3. The zero-order chi connectivity index (χ0) is 13.1. The van der Waals surface area contributed by atoms with Gasteiger partial charge in [-0.05, 0) is 18.4 Å². The van der Waals surface area contributed by atoms with E-state index in [9.17, 15) is 4.79 Å². The maximum absolute atomic E-state index is 12.0. The number of hydrogen-bond acceptors (Lipinski definition) is 2. The SMILES string of the molecule is O=C1CC(NC2CCCC2)=CC(c2ccccc2)C1. The van der Waals surface area contributed by atoms with Crippen molar-refractivity contribution in [3.8, 4) is 0 Å². The van der Waals surface area contributed by atoms with Crippen molar-refractivity contribution >= 4 is 5.78 Å². The number of allylic oxidation sites excluding steroid dienone is 2. The molecule has 0 bridgehead atoms. The second-order valence-electron chi connectivity index (χ2n) is 5.75. The quantitative estimate of drug-likeness (QED) is 0.895. The molecule has 2 aliphatic carbocycles. The third kappa shape index (κ3) is 3.06. The molecule has 1 unspecified atom stereocenters. The molecule has 0 radical (unpaired) electrons. The maximum Gasteiger partial charge on any atom is 0.139 e. The van der Waals surface area contributed by atoms with E-state index in [0.29, 0.717) is 24.7 Å². The first-order valence-corrected chi connectivity index (χ1v) is 7.35. The fourth-order valence-corrected chi connectivity index (χ4v) is 3.24. The summed E-state index contributed by atoms with van der Waals surface area (Å²) in [7, 11) is 0. The molecular formula is C17H21NO. The van der Waals surface area contributed by atoms with Gasteiger partial charge in [-0.15, -0.1) is 0 Å². The van der Waals surface area contributed by atoms with Gasteiger partial charge < -0.3 is 5.32 Å². The molecule has 2 aliphatic rings. The van der Waals surface area contributed by atoms with Crippen LogP contribution in [-0.4, -0.2) is 11.8 Å². The molecule has 3 rings (SSSR count). The molecule has 0 aromatic heterocycles. The van der Waals surface area contributed by atoms with Crippen molar-refractivity contribution in [1.82, 2.24) is 5.32 Å². The topological polar surface area (TPSA) is 29.1 Å². The summed E-state index contributed by atoms with van der Waals surface area (Å²) < 4.78 is 0. The number of benzene rings is 1. The van der Waals surface area contributed by atoms with Gasteiger partial charge in [0, 0.05) is 30.5 Å². The molecule has 0 aliphatic heterocycles. The van der Waals surface area contributed by atoms with Crippen molar-refractivity contribution in [1.29, 1.82) is 0 Å². The Kier molecular flexibility index (Phi) is 3.67. The standard InChI is InChI=1S/C17H21NO/c19-17-11-14(13-6-2-1-3-7-13)10-16(12-17)18-15-8-4-5-9-15/h1-3,6-7,10,14-15,18H,4-5,8-9,11-12H2. The van der Waals surface area contributed by atoms with Crippen molar-refractivity contribution in [3.63, 3.8) is 0 Å². The number of hydrogen-bond donors (Lipinski definition) is 1. The van der Waals surface area contributed by atoms with Gasteiger partial charge in [0.05, 0.1) is 0 Å². The molecule has 2 nitrogen and oxygen atoms in total. The molecule has 0 heterocycles. The van der Waals surface area contributed by atoms with Crippen molar-refractivity contribution in [3.05, 3.63) is 47.7 Å². The van der Waals surface area contributed by atoms with E-state index in [-0.39, 0.29) is 5.92 Å². The molecule has 19 heavy (non-hydrogen) atoms. The lowest BCUT2D eigenvalue weighted by atomic mass is 9.87. The maximum atomic E-state index is 12.0. The van der Waals surface area contributed by atoms with Crippen molar-refractivity contribution in [2.45, 2.75) is 50.5 Å². The first-order valence-electron chi connectivity index (χ1n) is 7.35. The Morgan fingerprint density at radius 1 is 1.05 bits per heavy atom. The highest BCUT2D eigenvalue weighted by Crippen LogP contribution is 2.29. The van der Waals surface area contributed by atoms with E-state index in [1.54, 1.807) is 0 Å². The van der Waals surface area contributed by atoms with Crippen molar-refractivity contribution < 1.29 is 4.79 Å². The Morgan fingerprint density at radius 3 is 2.53 bits per heavy atom. The minimum absolute atomic E-state index is 0.256. The predicted octanol–water partition coefficient (Wildman–Crippen LogP) is 3.55. The van der Waals surface area contributed by atoms with Gasteiger partial charge in [0.2, 0.25) is 0 Å². The van der Waals surface area contributed by atoms with Gasteiger partial charge in [-0.3, -0.25) is 4.79 Å². The highest BCUT2D eigenvalue weighted by molar-refractivity contribution is 5.83. The van der Waals surface area contributed by atoms with E-state index in [4.69, 9.17) is 0 Å². The molecule has 0 spiro atoms. The van der Waals surface area contributed by atoms with Crippen LogP contribution in [0.25, 0.3) is 0 Å². The van der Waals surface area contributed by atoms with Crippen LogP contribution in [0.2, 0.25) is 0 Å². The summed E-state index contributed by atoms with van der Waals surface area (Å²) in [5, 5.41) is 3.59. The molecule has 1 fully saturated rings. The van der Waals surface area contributed by atoms with E-state index in [1.165, 1.54) is 31.2 Å². The first-order chi connectivity index (χ1) is 9.31. The van der Waals surface area contributed by atoms with Gasteiger partial charge in [0.1, 0.15) is 5.78 Å². The average Bonchev–Trinajstić information content (AvgIpc) is 2.92. The Balaban J connectivity index is 1.75. The number of Topliss-reactive ketones (excluding diaryl/α,β-unsaturated/α-hetero) is 1. The Hall–Kier alpha value is -1.57. The summed E-state index contributed by atoms with van der Waals surface area (Å²) in [4.78, 5) is 12.0. The first kappa shape index (κ1) is 12.5. The van der Waals surface area contributed by atoms with Crippen LogP contribution in [0.3, 0.4) is 0 Å². The second kappa shape index (κ2) is 5.60. The van der Waals surface area contributed by atoms with Crippen LogP contribution in [-0.2, 0) is 4.79 Å². The third-order valence-corrected chi connectivity index (χ3v) is 4.21. The van der Waals surface area contributed by atoms with Crippen LogP contribution < -0.4 is 5.32 Å². The third-order valence-electron chi connectivity index (χ3n) is 4.21. The molecule has 100 valence electrons. The summed E-state index contributed by atoms with van der Waals surface area (Å²) in [6, 6.07) is 10.9. The lowest BCUT2D eigenvalue weighted by Crippen LogP contribution is -2.29. The number of ketones is 1. The minimum atomic E-state index is 0.256. The Bertz CT molecular complexity index is 471. The molecule has 0 saturated heterocycles. The fourth-order valence-electron chi connectivity index (χ4n) is 3.24. The number of carbonyl (C=O) groups excluding carboxylic acids is 1. The molecule has 1 aromatic rings. The molecule has 0 amide bonds. The van der Waals surface area contributed by atoms with Gasteiger partial charge in [0.25, 0.3) is 0 Å². The molecule has 1 saturated carbocycles. The lowest BCUT2D eigenvalue weighted by molar-refractivity contribution is -0.119. The molecular weight excluding hydrogens is 234 g/mol. The number of nitrogens with one attached hydrogen (secondary N) is 1. The van der Waals surface area contributed by atoms with Crippen LogP contribution in [0.5, 0.6) is 0 Å². The van der Waals surface area contributed by atoms with Gasteiger partial charge in [0.15, 0.2) is 0 Å². The van der Waals surface area contributed by atoms with E-state index in [2.05, 4.69) is 23.5 Å². The zero-order valence-corrected chi connectivity index (χ0v) is 11.3. The van der Waals surface area contributed by atoms with E-state index < -0.39 is 0 Å². The summed E-state index contributed by atoms with van der Waals surface area (Å²) in [6.45, 7) is 0. The van der Waals surface area contributed by atoms with Crippen LogP contribution in [0.4, 0.5) is 0 Å². The minimum Gasteiger partial charge on any atom is -0.385 e. The van der Waals surface area contributed by atoms with Crippen LogP contribution in [0.15, 0.2) is 42.1 Å². The van der Waals surface area contributed by atoms with Crippen LogP contribution in [0, 0.1) is 0 Å². The Labute approximate surface area is 114 Å². The van der Waals surface area contributed by atoms with Crippen molar-refractivity contribution in [2.75, 3.05) is 0 Å². The molecule has 1 aromatic carbocycles. The van der Waals surface area contributed by atoms with Gasteiger partial charge in [-0.1, -0.05) is 49.2 Å². The molecule has 2 heteroatoms. The van der Waals surface area contributed by atoms with E-state index in [0.717, 1.165) is 5.70 Å². The average molecular weight is 255 g/mol. The van der Waals surface area contributed by atoms with Gasteiger partial charge >= 0.3 is 0 Å². The lowest BCUT2D eigenvalue weighted by Gasteiger charge is -2.24. The molecule has 1 N–H and O–H groups in total. The van der Waals surface area contributed by atoms with Crippen LogP contribution in [0.1, 0.15) is 50.0 Å². The summed E-state index contributed by atoms with van der Waals surface area (Å²) in [6.07, 6.45) is 8.67. The van der Waals surface area contributed by atoms with Crippen LogP contribution >= 0.6 is 0 Å². The second-order valence-corrected chi connectivity index (χ2v) is 5.75. The smallest absolute Gasteiger partial charge is 0.139 e. The summed E-state index contributed by atoms with van der Waals surface area (Å²) in [5.41, 5.74) is 2.40. The predicted molar refractivity (Wildman–Crippen MR) is 76.9 cm³/mol. The zero-order valence-electron chi connectivity index (χ0n) is 11.3. The highest BCUT2D eigenvalue weighted by atomic mass is 16.1. The van der Waals surface area contributed by atoms with Gasteiger partial charge in [-0.25, -0.2) is 0 Å². The Morgan fingerprint density at radius 2 is 1.79 bits per heavy atom. The van der Waals surface area contributed by atoms with Gasteiger partial charge in [-0.2, -0.15) is 0 Å². The summed E-state index contributed by atoms with van der Waals surface area (Å²) in [5.74, 6) is 0.614. The number of carbonyl (C=O) groups is 1. The molecule has 1 atom stereocenters. The normalized spacial score (nSPS) is 24.3. The largest absolute Gasteiger partial charge is 0.385 e. The van der Waals surface area contributed by atoms with Crippen molar-refractivity contribution in [2.24, 2.45) is 0 Å². The van der Waals surface area contributed by atoms with E-state index in [1.807, 2.05) is 18.2 Å². The monoisotopic (exact) mass is 255 g/mol.